The Labute approximate surface area is 136 Å². The van der Waals surface area contributed by atoms with Crippen molar-refractivity contribution in [2.24, 2.45) is 0 Å². The Morgan fingerprint density at radius 2 is 2.26 bits per heavy atom. The van der Waals surface area contributed by atoms with Gasteiger partial charge in [-0.3, -0.25) is 4.79 Å². The molecule has 1 atom stereocenters. The number of hydrogen-bond acceptors (Lipinski definition) is 4. The van der Waals surface area contributed by atoms with Gasteiger partial charge in [0.1, 0.15) is 5.76 Å². The monoisotopic (exact) mass is 313 g/mol. The molecule has 23 heavy (non-hydrogen) atoms. The van der Waals surface area contributed by atoms with Crippen molar-refractivity contribution in [2.75, 3.05) is 5.73 Å². The average molecular weight is 313 g/mol. The standard InChI is InChI=1S/C18H23N3O2/c1-11-15(12(2)23-21-11)8-9-18(22)20-17-5-3-4-13-10-14(19)6-7-16(13)17/h6-7,10,17H,3-5,8-9,19H2,1-2H3,(H,20,22). The second-order valence-electron chi connectivity index (χ2n) is 6.27. The zero-order valence-electron chi connectivity index (χ0n) is 13.7. The van der Waals surface area contributed by atoms with Crippen molar-refractivity contribution in [1.82, 2.24) is 10.5 Å². The van der Waals surface area contributed by atoms with Crippen molar-refractivity contribution in [3.05, 3.63) is 46.3 Å². The maximum atomic E-state index is 12.3. The Hall–Kier alpha value is -2.30. The van der Waals surface area contributed by atoms with Gasteiger partial charge in [0.05, 0.1) is 11.7 Å². The van der Waals surface area contributed by atoms with Gasteiger partial charge in [-0.15, -0.1) is 0 Å². The summed E-state index contributed by atoms with van der Waals surface area (Å²) in [6, 6.07) is 6.07. The van der Waals surface area contributed by atoms with Gasteiger partial charge >= 0.3 is 0 Å². The van der Waals surface area contributed by atoms with Crippen LogP contribution in [0.25, 0.3) is 0 Å². The lowest BCUT2D eigenvalue weighted by atomic mass is 9.87. The van der Waals surface area contributed by atoms with E-state index in [0.717, 1.165) is 42.0 Å². The molecule has 0 saturated carbocycles. The van der Waals surface area contributed by atoms with E-state index in [9.17, 15) is 4.79 Å². The summed E-state index contributed by atoms with van der Waals surface area (Å²) in [4.78, 5) is 12.3. The number of nitrogen functional groups attached to an aromatic ring is 1. The molecule has 1 aromatic heterocycles. The van der Waals surface area contributed by atoms with Gasteiger partial charge in [0.25, 0.3) is 0 Å². The van der Waals surface area contributed by atoms with Gasteiger partial charge in [-0.2, -0.15) is 0 Å². The van der Waals surface area contributed by atoms with Crippen LogP contribution in [0.3, 0.4) is 0 Å². The number of nitrogens with one attached hydrogen (secondary N) is 1. The quantitative estimate of drug-likeness (QED) is 0.850. The van der Waals surface area contributed by atoms with Crippen LogP contribution in [0, 0.1) is 13.8 Å². The molecule has 1 amide bonds. The van der Waals surface area contributed by atoms with Crippen LogP contribution in [-0.2, 0) is 17.6 Å². The average Bonchev–Trinajstić information content (AvgIpc) is 2.84. The number of fused-ring (bicyclic) bond motifs is 1. The minimum Gasteiger partial charge on any atom is -0.399 e. The Bertz CT molecular complexity index is 702. The normalized spacial score (nSPS) is 16.9. The van der Waals surface area contributed by atoms with Crippen LogP contribution in [-0.4, -0.2) is 11.1 Å². The Kier molecular flexibility index (Phi) is 4.37. The molecule has 0 radical (unpaired) electrons. The largest absolute Gasteiger partial charge is 0.399 e. The van der Waals surface area contributed by atoms with E-state index in [4.69, 9.17) is 10.3 Å². The molecular weight excluding hydrogens is 290 g/mol. The Balaban J connectivity index is 1.63. The Morgan fingerprint density at radius 3 is 3.00 bits per heavy atom. The van der Waals surface area contributed by atoms with Gasteiger partial charge in [-0.1, -0.05) is 11.2 Å². The third-order valence-electron chi connectivity index (χ3n) is 4.60. The van der Waals surface area contributed by atoms with E-state index in [1.165, 1.54) is 11.1 Å². The van der Waals surface area contributed by atoms with Crippen LogP contribution < -0.4 is 11.1 Å². The topological polar surface area (TPSA) is 81.2 Å². The third-order valence-corrected chi connectivity index (χ3v) is 4.60. The lowest BCUT2D eigenvalue weighted by molar-refractivity contribution is -0.121. The summed E-state index contributed by atoms with van der Waals surface area (Å²) in [5, 5.41) is 7.09. The number of hydrogen-bond donors (Lipinski definition) is 2. The van der Waals surface area contributed by atoms with Crippen molar-refractivity contribution in [2.45, 2.75) is 52.0 Å². The summed E-state index contributed by atoms with van der Waals surface area (Å²) in [7, 11) is 0. The smallest absolute Gasteiger partial charge is 0.220 e. The van der Waals surface area contributed by atoms with Crippen LogP contribution in [0.2, 0.25) is 0 Å². The van der Waals surface area contributed by atoms with E-state index in [1.807, 2.05) is 32.0 Å². The number of amides is 1. The predicted molar refractivity (Wildman–Crippen MR) is 89.0 cm³/mol. The lowest BCUT2D eigenvalue weighted by Gasteiger charge is -2.26. The molecule has 3 rings (SSSR count). The number of rotatable bonds is 4. The van der Waals surface area contributed by atoms with E-state index >= 15 is 0 Å². The lowest BCUT2D eigenvalue weighted by Crippen LogP contribution is -2.31. The highest BCUT2D eigenvalue weighted by Gasteiger charge is 2.22. The molecule has 5 nitrogen and oxygen atoms in total. The number of aromatic nitrogens is 1. The number of benzene rings is 1. The number of aryl methyl sites for hydroxylation is 3. The number of nitrogens with two attached hydrogens (primary N) is 1. The summed E-state index contributed by atoms with van der Waals surface area (Å²) in [5.41, 5.74) is 11.0. The van der Waals surface area contributed by atoms with Crippen molar-refractivity contribution in [1.29, 1.82) is 0 Å². The first-order valence-electron chi connectivity index (χ1n) is 8.14. The summed E-state index contributed by atoms with van der Waals surface area (Å²) < 4.78 is 5.14. The highest BCUT2D eigenvalue weighted by Crippen LogP contribution is 2.31. The van der Waals surface area contributed by atoms with E-state index in [1.54, 1.807) is 0 Å². The first kappa shape index (κ1) is 15.6. The summed E-state index contributed by atoms with van der Waals surface area (Å²) >= 11 is 0. The first-order valence-corrected chi connectivity index (χ1v) is 8.14. The number of carbonyl (C=O) groups excluding carboxylic acids is 1. The van der Waals surface area contributed by atoms with Gasteiger partial charge in [0, 0.05) is 17.7 Å². The first-order chi connectivity index (χ1) is 11.0. The van der Waals surface area contributed by atoms with E-state index in [-0.39, 0.29) is 11.9 Å². The fourth-order valence-electron chi connectivity index (χ4n) is 3.35. The molecule has 1 heterocycles. The van der Waals surface area contributed by atoms with E-state index in [0.29, 0.717) is 12.8 Å². The van der Waals surface area contributed by atoms with Crippen molar-refractivity contribution in [3.63, 3.8) is 0 Å². The molecule has 0 fully saturated rings. The molecule has 0 spiro atoms. The molecule has 3 N–H and O–H groups in total. The van der Waals surface area contributed by atoms with Crippen LogP contribution in [0.5, 0.6) is 0 Å². The minimum atomic E-state index is 0.0691. The van der Waals surface area contributed by atoms with E-state index in [2.05, 4.69) is 10.5 Å². The molecule has 1 unspecified atom stereocenters. The van der Waals surface area contributed by atoms with Crippen LogP contribution in [0.4, 0.5) is 5.69 Å². The van der Waals surface area contributed by atoms with Gasteiger partial charge in [0.15, 0.2) is 0 Å². The molecule has 5 heteroatoms. The molecule has 2 aromatic rings. The Morgan fingerprint density at radius 1 is 1.43 bits per heavy atom. The van der Waals surface area contributed by atoms with Crippen molar-refractivity contribution in [3.8, 4) is 0 Å². The second kappa shape index (κ2) is 6.44. The molecular formula is C18H23N3O2. The van der Waals surface area contributed by atoms with Crippen LogP contribution in [0.1, 0.15) is 53.4 Å². The fourth-order valence-corrected chi connectivity index (χ4v) is 3.35. The maximum absolute atomic E-state index is 12.3. The van der Waals surface area contributed by atoms with Crippen molar-refractivity contribution >= 4 is 11.6 Å². The third kappa shape index (κ3) is 3.38. The SMILES string of the molecule is Cc1noc(C)c1CCC(=O)NC1CCCc2cc(N)ccc21. The van der Waals surface area contributed by atoms with Crippen LogP contribution >= 0.6 is 0 Å². The minimum absolute atomic E-state index is 0.0691. The number of anilines is 1. The molecule has 122 valence electrons. The van der Waals surface area contributed by atoms with Gasteiger partial charge in [-0.05, 0) is 62.8 Å². The molecule has 1 aliphatic carbocycles. The van der Waals surface area contributed by atoms with Gasteiger partial charge in [0.2, 0.25) is 5.91 Å². The summed E-state index contributed by atoms with van der Waals surface area (Å²) in [6.07, 6.45) is 4.20. The molecule has 1 aromatic carbocycles. The highest BCUT2D eigenvalue weighted by atomic mass is 16.5. The predicted octanol–water partition coefficient (Wildman–Crippen LogP) is 3.00. The second-order valence-corrected chi connectivity index (χ2v) is 6.27. The summed E-state index contributed by atoms with van der Waals surface area (Å²) in [5.74, 6) is 0.869. The van der Waals surface area contributed by atoms with Crippen molar-refractivity contribution < 1.29 is 9.32 Å². The summed E-state index contributed by atoms with van der Waals surface area (Å²) in [6.45, 7) is 3.79. The van der Waals surface area contributed by atoms with Crippen LogP contribution in [0.15, 0.2) is 22.7 Å². The molecule has 1 aliphatic rings. The zero-order valence-corrected chi connectivity index (χ0v) is 13.7. The fraction of sp³-hybridized carbons (Fsp3) is 0.444. The number of carbonyl (C=O) groups is 1. The zero-order chi connectivity index (χ0) is 16.4. The van der Waals surface area contributed by atoms with Gasteiger partial charge in [-0.25, -0.2) is 0 Å². The van der Waals surface area contributed by atoms with E-state index < -0.39 is 0 Å². The molecule has 0 aliphatic heterocycles. The molecule has 0 saturated heterocycles. The highest BCUT2D eigenvalue weighted by molar-refractivity contribution is 5.77. The maximum Gasteiger partial charge on any atom is 0.220 e. The van der Waals surface area contributed by atoms with Gasteiger partial charge < -0.3 is 15.6 Å². The number of nitrogens with zero attached hydrogens (tertiary/aromatic N) is 1. The molecule has 0 bridgehead atoms.